The van der Waals surface area contributed by atoms with E-state index in [1.165, 1.54) is 32.1 Å². The van der Waals surface area contributed by atoms with Crippen LogP contribution in [0.2, 0.25) is 0 Å². The molecule has 0 bridgehead atoms. The van der Waals surface area contributed by atoms with Gasteiger partial charge in [-0.25, -0.2) is 0 Å². The third-order valence-electron chi connectivity index (χ3n) is 8.68. The summed E-state index contributed by atoms with van der Waals surface area (Å²) in [7, 11) is 2.06. The van der Waals surface area contributed by atoms with Crippen LogP contribution in [-0.4, -0.2) is 29.1 Å². The number of carbonyl (C=O) groups excluding carboxylic acids is 1. The van der Waals surface area contributed by atoms with E-state index in [1.54, 1.807) is 0 Å². The van der Waals surface area contributed by atoms with Crippen molar-refractivity contribution in [1.82, 2.24) is 4.90 Å². The van der Waals surface area contributed by atoms with Crippen molar-refractivity contribution in [3.63, 3.8) is 0 Å². The first-order chi connectivity index (χ1) is 10.8. The SMILES string of the molecule is CC1CC2N(C)C(=O)CC[C@]2(C)[C@@H]2CC[C@]3(C)CC(S)C[C@H]3[C@H]12. The van der Waals surface area contributed by atoms with Gasteiger partial charge in [-0.1, -0.05) is 20.8 Å². The minimum atomic E-state index is 0.343. The largest absolute Gasteiger partial charge is 0.342 e. The third kappa shape index (κ3) is 2.17. The highest BCUT2D eigenvalue weighted by Gasteiger charge is 2.61. The minimum absolute atomic E-state index is 0.343. The number of thiol groups is 1. The molecule has 23 heavy (non-hydrogen) atoms. The van der Waals surface area contributed by atoms with E-state index >= 15 is 0 Å². The van der Waals surface area contributed by atoms with Crippen molar-refractivity contribution in [2.75, 3.05) is 7.05 Å². The zero-order valence-electron chi connectivity index (χ0n) is 15.2. The minimum Gasteiger partial charge on any atom is -0.342 e. The normalized spacial score (nSPS) is 56.0. The van der Waals surface area contributed by atoms with Crippen LogP contribution in [0.3, 0.4) is 0 Å². The predicted molar refractivity (Wildman–Crippen MR) is 97.5 cm³/mol. The van der Waals surface area contributed by atoms with E-state index in [-0.39, 0.29) is 0 Å². The molecule has 0 aromatic rings. The standard InChI is InChI=1S/C20H33NOS/c1-12-9-16-20(3,8-6-17(22)21(16)4)14-5-7-19(2)11-13(23)10-15(19)18(12)14/h12-16,18,23H,5-11H2,1-4H3/t12?,13?,14-,15+,16?,18-,19-,20-/m1/s1. The van der Waals surface area contributed by atoms with Crippen LogP contribution in [0.5, 0.6) is 0 Å². The van der Waals surface area contributed by atoms with Gasteiger partial charge in [-0.2, -0.15) is 12.6 Å². The zero-order valence-corrected chi connectivity index (χ0v) is 16.1. The summed E-state index contributed by atoms with van der Waals surface area (Å²) in [6.45, 7) is 7.53. The van der Waals surface area contributed by atoms with Gasteiger partial charge in [-0.3, -0.25) is 4.79 Å². The average Bonchev–Trinajstić information content (AvgIpc) is 2.80. The summed E-state index contributed by atoms with van der Waals surface area (Å²) in [6.07, 6.45) is 8.47. The molecule has 4 fully saturated rings. The second-order valence-electron chi connectivity index (χ2n) is 9.82. The highest BCUT2D eigenvalue weighted by atomic mass is 32.1. The Bertz CT molecular complexity index is 522. The Labute approximate surface area is 147 Å². The molecule has 0 aromatic carbocycles. The maximum absolute atomic E-state index is 12.3. The van der Waals surface area contributed by atoms with Gasteiger partial charge in [0, 0.05) is 24.8 Å². The molecule has 1 heterocycles. The molecule has 1 saturated heterocycles. The number of nitrogens with zero attached hydrogens (tertiary/aromatic N) is 1. The second kappa shape index (κ2) is 5.16. The van der Waals surface area contributed by atoms with Gasteiger partial charge in [-0.15, -0.1) is 0 Å². The number of fused-ring (bicyclic) bond motifs is 5. The summed E-state index contributed by atoms with van der Waals surface area (Å²) in [4.78, 5) is 14.4. The van der Waals surface area contributed by atoms with E-state index in [1.807, 2.05) is 0 Å². The molecule has 0 N–H and O–H groups in total. The smallest absolute Gasteiger partial charge is 0.222 e. The lowest BCUT2D eigenvalue weighted by atomic mass is 9.45. The van der Waals surface area contributed by atoms with Crippen LogP contribution >= 0.6 is 12.6 Å². The van der Waals surface area contributed by atoms with Gasteiger partial charge in [0.15, 0.2) is 0 Å². The molecule has 1 aliphatic heterocycles. The number of rotatable bonds is 0. The molecule has 0 radical (unpaired) electrons. The summed E-state index contributed by atoms with van der Waals surface area (Å²) >= 11 is 4.87. The molecule has 0 aromatic heterocycles. The molecule has 2 nitrogen and oxygen atoms in total. The van der Waals surface area contributed by atoms with Crippen molar-refractivity contribution >= 4 is 18.5 Å². The van der Waals surface area contributed by atoms with Crippen molar-refractivity contribution in [2.24, 2.45) is 34.5 Å². The number of hydrogen-bond donors (Lipinski definition) is 1. The fourth-order valence-electron chi connectivity index (χ4n) is 7.49. The fraction of sp³-hybridized carbons (Fsp3) is 0.950. The Morgan fingerprint density at radius 2 is 1.91 bits per heavy atom. The van der Waals surface area contributed by atoms with Crippen molar-refractivity contribution in [1.29, 1.82) is 0 Å². The van der Waals surface area contributed by atoms with Crippen LogP contribution < -0.4 is 0 Å². The maximum atomic E-state index is 12.3. The van der Waals surface area contributed by atoms with E-state index in [0.29, 0.717) is 28.0 Å². The Morgan fingerprint density at radius 3 is 2.65 bits per heavy atom. The van der Waals surface area contributed by atoms with Gasteiger partial charge in [0.2, 0.25) is 5.91 Å². The van der Waals surface area contributed by atoms with Crippen molar-refractivity contribution in [3.8, 4) is 0 Å². The molecular weight excluding hydrogens is 302 g/mol. The Balaban J connectivity index is 1.70. The molecule has 3 aliphatic carbocycles. The van der Waals surface area contributed by atoms with E-state index in [4.69, 9.17) is 12.6 Å². The van der Waals surface area contributed by atoms with Gasteiger partial charge >= 0.3 is 0 Å². The Morgan fingerprint density at radius 1 is 1.17 bits per heavy atom. The number of amides is 1. The van der Waals surface area contributed by atoms with E-state index < -0.39 is 0 Å². The first kappa shape index (κ1) is 16.3. The molecule has 1 amide bonds. The molecule has 4 rings (SSSR count). The summed E-state index contributed by atoms with van der Waals surface area (Å²) in [5.74, 6) is 3.64. The molecule has 3 unspecified atom stereocenters. The zero-order chi connectivity index (χ0) is 16.6. The van der Waals surface area contributed by atoms with Crippen LogP contribution in [0.1, 0.15) is 65.7 Å². The van der Waals surface area contributed by atoms with Crippen molar-refractivity contribution in [2.45, 2.75) is 77.0 Å². The van der Waals surface area contributed by atoms with Crippen LogP contribution in [0.25, 0.3) is 0 Å². The lowest BCUT2D eigenvalue weighted by Crippen LogP contribution is -2.62. The number of carbonyl (C=O) groups is 1. The monoisotopic (exact) mass is 335 g/mol. The molecule has 130 valence electrons. The summed E-state index contributed by atoms with van der Waals surface area (Å²) in [5, 5.41) is 0.608. The third-order valence-corrected chi connectivity index (χ3v) is 9.07. The molecule has 3 heteroatoms. The molecule has 4 aliphatic rings. The second-order valence-corrected chi connectivity index (χ2v) is 10.5. The molecule has 0 spiro atoms. The van der Waals surface area contributed by atoms with Gasteiger partial charge in [-0.05, 0) is 73.0 Å². The number of likely N-dealkylation sites (tertiary alicyclic amines) is 1. The van der Waals surface area contributed by atoms with Gasteiger partial charge in [0.25, 0.3) is 0 Å². The van der Waals surface area contributed by atoms with Gasteiger partial charge in [0.1, 0.15) is 0 Å². The van der Waals surface area contributed by atoms with E-state index in [9.17, 15) is 4.79 Å². The van der Waals surface area contributed by atoms with Crippen molar-refractivity contribution in [3.05, 3.63) is 0 Å². The lowest BCUT2D eigenvalue weighted by Gasteiger charge is -2.63. The van der Waals surface area contributed by atoms with Crippen LogP contribution in [0.15, 0.2) is 0 Å². The summed E-state index contributed by atoms with van der Waals surface area (Å²) < 4.78 is 0. The topological polar surface area (TPSA) is 20.3 Å². The van der Waals surface area contributed by atoms with Crippen molar-refractivity contribution < 1.29 is 4.79 Å². The fourth-order valence-corrected chi connectivity index (χ4v) is 8.13. The van der Waals surface area contributed by atoms with Crippen LogP contribution in [0, 0.1) is 34.5 Å². The van der Waals surface area contributed by atoms with E-state index in [2.05, 4.69) is 32.7 Å². The predicted octanol–water partition coefficient (Wildman–Crippen LogP) is 4.39. The molecular formula is C20H33NOS. The van der Waals surface area contributed by atoms with Gasteiger partial charge < -0.3 is 4.90 Å². The van der Waals surface area contributed by atoms with Gasteiger partial charge in [0.05, 0.1) is 0 Å². The maximum Gasteiger partial charge on any atom is 0.222 e. The van der Waals surface area contributed by atoms with Crippen LogP contribution in [0.4, 0.5) is 0 Å². The Hall–Kier alpha value is -0.180. The summed E-state index contributed by atoms with van der Waals surface area (Å²) in [5.41, 5.74) is 0.872. The average molecular weight is 336 g/mol. The number of hydrogen-bond acceptors (Lipinski definition) is 2. The van der Waals surface area contributed by atoms with E-state index in [0.717, 1.165) is 36.5 Å². The van der Waals surface area contributed by atoms with Crippen LogP contribution in [-0.2, 0) is 4.79 Å². The Kier molecular flexibility index (Phi) is 3.66. The molecule has 3 saturated carbocycles. The highest BCUT2D eigenvalue weighted by Crippen LogP contribution is 2.66. The quantitative estimate of drug-likeness (QED) is 0.651. The summed E-state index contributed by atoms with van der Waals surface area (Å²) in [6, 6.07) is 0.470. The highest BCUT2D eigenvalue weighted by molar-refractivity contribution is 7.81. The first-order valence-electron chi connectivity index (χ1n) is 9.70. The number of piperidine rings is 1. The lowest BCUT2D eigenvalue weighted by molar-refractivity contribution is -0.164. The first-order valence-corrected chi connectivity index (χ1v) is 10.2. The molecule has 8 atom stereocenters.